The number of aliphatic hydroxyl groups excluding tert-OH is 2. The van der Waals surface area contributed by atoms with E-state index in [2.05, 4.69) is 9.97 Å². The van der Waals surface area contributed by atoms with E-state index in [1.54, 1.807) is 0 Å². The molecule has 0 fully saturated rings. The van der Waals surface area contributed by atoms with Crippen LogP contribution in [0.25, 0.3) is 17.3 Å². The summed E-state index contributed by atoms with van der Waals surface area (Å²) in [5.41, 5.74) is 1.80. The number of carboxylic acids is 3. The Morgan fingerprint density at radius 2 is 1.54 bits per heavy atom. The molecule has 0 saturated carbocycles. The molecule has 0 unspecified atom stereocenters. The van der Waals surface area contributed by atoms with Crippen LogP contribution in [0.5, 0.6) is 0 Å². The fraction of sp³-hybridized carbons (Fsp3) is 0.346. The first-order valence-electron chi connectivity index (χ1n) is 11.9. The molecule has 5 N–H and O–H groups in total. The fourth-order valence-corrected chi connectivity index (χ4v) is 3.57. The van der Waals surface area contributed by atoms with E-state index in [4.69, 9.17) is 15.3 Å². The van der Waals surface area contributed by atoms with Crippen LogP contribution in [0.2, 0.25) is 0 Å². The number of carbonyl (C=O) groups is 3. The van der Waals surface area contributed by atoms with E-state index in [-0.39, 0.29) is 18.3 Å². The van der Waals surface area contributed by atoms with Crippen LogP contribution in [0.15, 0.2) is 42.5 Å². The number of aliphatic carboxylic acids is 3. The molecule has 0 amide bonds. The zero-order chi connectivity index (χ0) is 31.5. The van der Waals surface area contributed by atoms with Crippen molar-refractivity contribution in [2.45, 2.75) is 44.8 Å². The predicted molar refractivity (Wildman–Crippen MR) is 147 cm³/mol. The van der Waals surface area contributed by atoms with Crippen molar-refractivity contribution >= 4 is 40.0 Å². The van der Waals surface area contributed by atoms with Gasteiger partial charge < -0.3 is 25.5 Å². The second-order valence-electron chi connectivity index (χ2n) is 8.99. The highest BCUT2D eigenvalue weighted by molar-refractivity contribution is 7.92. The Labute approximate surface area is 236 Å². The van der Waals surface area contributed by atoms with Gasteiger partial charge >= 0.3 is 17.9 Å². The number of hydrogen-bond donors (Lipinski definition) is 5. The molecular weight excluding hydrogens is 565 g/mol. The standard InChI is InChI=1S/C22H28FN3O6S.C4H4O4/c1-13(2)20-18(10-9-16(27)11-17(28)12-19(29)30)21(14-5-7-15(23)8-6-14)25-22(24-20)26(3)33(4,31)32;5-3(6)1-2-4(7)8/h5-10,13,16-17,27-28H,11-12H2,1-4H3,(H,29,30);1-2H,(H,5,6)(H,7,8)/b10-9+;2-1+/t16-,17-;/m1./s1. The summed E-state index contributed by atoms with van der Waals surface area (Å²) in [6.45, 7) is 3.71. The van der Waals surface area contributed by atoms with E-state index in [0.717, 1.165) is 10.6 Å². The third kappa shape index (κ3) is 12.2. The van der Waals surface area contributed by atoms with E-state index in [9.17, 15) is 37.4 Å². The zero-order valence-electron chi connectivity index (χ0n) is 22.7. The third-order valence-electron chi connectivity index (χ3n) is 5.18. The van der Waals surface area contributed by atoms with Crippen molar-refractivity contribution in [1.29, 1.82) is 0 Å². The van der Waals surface area contributed by atoms with Crippen LogP contribution in [-0.4, -0.2) is 87.3 Å². The quantitative estimate of drug-likeness (QED) is 0.222. The van der Waals surface area contributed by atoms with Gasteiger partial charge in [0, 0.05) is 36.7 Å². The molecule has 0 aliphatic carbocycles. The van der Waals surface area contributed by atoms with Gasteiger partial charge in [-0.2, -0.15) is 0 Å². The summed E-state index contributed by atoms with van der Waals surface area (Å²) in [6.07, 6.45) is 1.98. The van der Waals surface area contributed by atoms with Gasteiger partial charge in [0.2, 0.25) is 16.0 Å². The molecular formula is C26H32FN3O10S. The van der Waals surface area contributed by atoms with E-state index in [1.807, 2.05) is 13.8 Å². The van der Waals surface area contributed by atoms with Gasteiger partial charge in [-0.25, -0.2) is 36.7 Å². The summed E-state index contributed by atoms with van der Waals surface area (Å²) in [7, 11) is -2.33. The second-order valence-corrected chi connectivity index (χ2v) is 11.0. The van der Waals surface area contributed by atoms with Gasteiger partial charge in [0.1, 0.15) is 5.82 Å². The van der Waals surface area contributed by atoms with Crippen LogP contribution in [0.3, 0.4) is 0 Å². The van der Waals surface area contributed by atoms with Crippen molar-refractivity contribution in [3.05, 3.63) is 59.6 Å². The average Bonchev–Trinajstić information content (AvgIpc) is 2.85. The van der Waals surface area contributed by atoms with Crippen LogP contribution >= 0.6 is 0 Å². The van der Waals surface area contributed by atoms with Crippen molar-refractivity contribution in [3.63, 3.8) is 0 Å². The van der Waals surface area contributed by atoms with E-state index >= 15 is 0 Å². The number of aliphatic hydroxyl groups is 2. The Kier molecular flexibility index (Phi) is 13.2. The summed E-state index contributed by atoms with van der Waals surface area (Å²) in [4.78, 5) is 38.7. The maximum Gasteiger partial charge on any atom is 0.328 e. The zero-order valence-corrected chi connectivity index (χ0v) is 23.5. The van der Waals surface area contributed by atoms with E-state index < -0.39 is 52.4 Å². The molecule has 15 heteroatoms. The number of rotatable bonds is 12. The minimum atomic E-state index is -3.65. The van der Waals surface area contributed by atoms with Gasteiger partial charge in [0.15, 0.2) is 0 Å². The molecule has 13 nitrogen and oxygen atoms in total. The van der Waals surface area contributed by atoms with Crippen LogP contribution in [0.4, 0.5) is 10.3 Å². The molecule has 0 saturated heterocycles. The highest BCUT2D eigenvalue weighted by Crippen LogP contribution is 2.31. The van der Waals surface area contributed by atoms with E-state index in [1.165, 1.54) is 43.5 Å². The molecule has 2 rings (SSSR count). The first-order chi connectivity index (χ1) is 18.9. The predicted octanol–water partition coefficient (Wildman–Crippen LogP) is 2.11. The molecule has 2 aromatic rings. The average molecular weight is 598 g/mol. The van der Waals surface area contributed by atoms with Gasteiger partial charge in [-0.1, -0.05) is 26.0 Å². The molecule has 1 aromatic carbocycles. The summed E-state index contributed by atoms with van der Waals surface area (Å²) in [5.74, 6) is -4.38. The Morgan fingerprint density at radius 1 is 1.00 bits per heavy atom. The van der Waals surface area contributed by atoms with Crippen molar-refractivity contribution < 1.29 is 52.7 Å². The summed E-state index contributed by atoms with van der Waals surface area (Å²) >= 11 is 0. The Hall–Kier alpha value is -4.21. The van der Waals surface area contributed by atoms with Gasteiger partial charge in [-0.3, -0.25) is 4.79 Å². The molecule has 1 aromatic heterocycles. The Morgan fingerprint density at radius 3 is 1.98 bits per heavy atom. The molecule has 224 valence electrons. The van der Waals surface area contributed by atoms with Gasteiger partial charge in [-0.15, -0.1) is 0 Å². The molecule has 0 radical (unpaired) electrons. The minimum Gasteiger partial charge on any atom is -0.481 e. The topological polar surface area (TPSA) is 216 Å². The second kappa shape index (κ2) is 15.5. The van der Waals surface area contributed by atoms with Crippen LogP contribution in [0.1, 0.15) is 43.9 Å². The minimum absolute atomic E-state index is 0.0601. The SMILES string of the molecule is CC(C)c1nc(N(C)S(C)(=O)=O)nc(-c2ccc(F)cc2)c1/C=C/[C@@H](O)C[C@@H](O)CC(=O)O.O=C(O)/C=C/C(=O)O. The number of carboxylic acid groups (broad SMARTS) is 3. The van der Waals surface area contributed by atoms with Crippen LogP contribution in [-0.2, 0) is 24.4 Å². The normalized spacial score (nSPS) is 13.1. The monoisotopic (exact) mass is 597 g/mol. The van der Waals surface area contributed by atoms with Crippen molar-refractivity contribution in [2.24, 2.45) is 0 Å². The molecule has 0 aliphatic heterocycles. The number of anilines is 1. The first-order valence-corrected chi connectivity index (χ1v) is 13.8. The first kappa shape index (κ1) is 34.8. The molecule has 41 heavy (non-hydrogen) atoms. The molecule has 1 heterocycles. The molecule has 2 atom stereocenters. The number of benzene rings is 1. The lowest BCUT2D eigenvalue weighted by Gasteiger charge is -2.20. The van der Waals surface area contributed by atoms with Crippen molar-refractivity contribution in [1.82, 2.24) is 9.97 Å². The van der Waals surface area contributed by atoms with Crippen molar-refractivity contribution in [3.8, 4) is 11.3 Å². The lowest BCUT2D eigenvalue weighted by atomic mass is 9.97. The van der Waals surface area contributed by atoms with E-state index in [0.29, 0.717) is 34.7 Å². The van der Waals surface area contributed by atoms with Gasteiger partial charge in [0.25, 0.3) is 0 Å². The van der Waals surface area contributed by atoms with Crippen LogP contribution < -0.4 is 4.31 Å². The third-order valence-corrected chi connectivity index (χ3v) is 6.34. The van der Waals surface area contributed by atoms with Gasteiger partial charge in [-0.05, 0) is 30.2 Å². The maximum atomic E-state index is 13.5. The smallest absolute Gasteiger partial charge is 0.328 e. The number of aromatic nitrogens is 2. The van der Waals surface area contributed by atoms with Gasteiger partial charge in [0.05, 0.1) is 36.3 Å². The van der Waals surface area contributed by atoms with Crippen LogP contribution in [0, 0.1) is 5.82 Å². The maximum absolute atomic E-state index is 13.5. The molecule has 0 bridgehead atoms. The summed E-state index contributed by atoms with van der Waals surface area (Å²) < 4.78 is 38.6. The summed E-state index contributed by atoms with van der Waals surface area (Å²) in [5, 5.41) is 44.4. The number of halogens is 1. The lowest BCUT2D eigenvalue weighted by Crippen LogP contribution is -2.27. The highest BCUT2D eigenvalue weighted by atomic mass is 32.2. The number of sulfonamides is 1. The number of hydrogen-bond acceptors (Lipinski definition) is 9. The molecule has 0 aliphatic rings. The van der Waals surface area contributed by atoms with Crippen molar-refractivity contribution in [2.75, 3.05) is 17.6 Å². The summed E-state index contributed by atoms with van der Waals surface area (Å²) in [6, 6.07) is 5.49. The Bertz CT molecular complexity index is 1380. The number of nitrogens with zero attached hydrogens (tertiary/aromatic N) is 3. The lowest BCUT2D eigenvalue weighted by molar-refractivity contribution is -0.139. The Balaban J connectivity index is 0.000000915. The largest absolute Gasteiger partial charge is 0.481 e. The fourth-order valence-electron chi connectivity index (χ4n) is 3.19. The highest BCUT2D eigenvalue weighted by Gasteiger charge is 2.22. The molecule has 0 spiro atoms.